The highest BCUT2D eigenvalue weighted by molar-refractivity contribution is 6.61. The molecule has 0 radical (unpaired) electrons. The lowest BCUT2D eigenvalue weighted by Crippen LogP contribution is -2.31. The van der Waals surface area contributed by atoms with Crippen molar-refractivity contribution in [3.63, 3.8) is 0 Å². The zero-order chi connectivity index (χ0) is 9.42. The van der Waals surface area contributed by atoms with Crippen molar-refractivity contribution in [2.24, 2.45) is 0 Å². The van der Waals surface area contributed by atoms with Gasteiger partial charge >= 0.3 is 7.12 Å². The van der Waals surface area contributed by atoms with Crippen molar-refractivity contribution >= 4 is 29.8 Å². The van der Waals surface area contributed by atoms with E-state index in [1.165, 1.54) is 6.07 Å². The third-order valence-corrected chi connectivity index (χ3v) is 1.97. The van der Waals surface area contributed by atoms with Crippen LogP contribution in [0.5, 0.6) is 0 Å². The van der Waals surface area contributed by atoms with Gasteiger partial charge in [-0.3, -0.25) is 0 Å². The van der Waals surface area contributed by atoms with Gasteiger partial charge in [-0.2, -0.15) is 0 Å². The summed E-state index contributed by atoms with van der Waals surface area (Å²) < 4.78 is 1.64. The molecule has 2 aromatic rings. The largest absolute Gasteiger partial charge is 0.492 e. The Bertz CT molecular complexity index is 443. The molecule has 2 aromatic heterocycles. The van der Waals surface area contributed by atoms with Gasteiger partial charge in [0.1, 0.15) is 5.65 Å². The van der Waals surface area contributed by atoms with Crippen LogP contribution in [0.1, 0.15) is 0 Å². The highest BCUT2D eigenvalue weighted by Crippen LogP contribution is 2.08. The van der Waals surface area contributed by atoms with E-state index in [4.69, 9.17) is 21.6 Å². The monoisotopic (exact) mass is 196 g/mol. The summed E-state index contributed by atoms with van der Waals surface area (Å²) in [6, 6.07) is 1.48. The first-order valence-electron chi connectivity index (χ1n) is 3.67. The van der Waals surface area contributed by atoms with Crippen LogP contribution in [0.2, 0.25) is 5.02 Å². The summed E-state index contributed by atoms with van der Waals surface area (Å²) in [6.07, 6.45) is 4.90. The molecule has 0 aliphatic heterocycles. The number of fused-ring (bicyclic) bond motifs is 1. The molecular weight excluding hydrogens is 190 g/mol. The zero-order valence-corrected chi connectivity index (χ0v) is 7.31. The molecule has 4 nitrogen and oxygen atoms in total. The number of aromatic nitrogens is 2. The van der Waals surface area contributed by atoms with Crippen molar-refractivity contribution in [1.29, 1.82) is 0 Å². The summed E-state index contributed by atoms with van der Waals surface area (Å²) in [5, 5.41) is 18.5. The Morgan fingerprint density at radius 3 is 2.92 bits per heavy atom. The summed E-state index contributed by atoms with van der Waals surface area (Å²) >= 11 is 5.75. The van der Waals surface area contributed by atoms with Gasteiger partial charge in [-0.05, 0) is 6.07 Å². The fourth-order valence-corrected chi connectivity index (χ4v) is 1.44. The maximum Gasteiger partial charge on any atom is 0.492 e. The van der Waals surface area contributed by atoms with Crippen LogP contribution in [0.4, 0.5) is 0 Å². The molecule has 0 atom stereocenters. The molecule has 0 aliphatic carbocycles. The maximum absolute atomic E-state index is 9.01. The lowest BCUT2D eigenvalue weighted by Gasteiger charge is -2.02. The molecule has 0 fully saturated rings. The Kier molecular flexibility index (Phi) is 1.99. The van der Waals surface area contributed by atoms with Gasteiger partial charge in [-0.1, -0.05) is 11.6 Å². The second-order valence-electron chi connectivity index (χ2n) is 2.65. The molecule has 0 saturated heterocycles. The molecule has 6 heteroatoms. The molecule has 0 spiro atoms. The van der Waals surface area contributed by atoms with Crippen LogP contribution < -0.4 is 5.46 Å². The van der Waals surface area contributed by atoms with Crippen LogP contribution in [0, 0.1) is 0 Å². The van der Waals surface area contributed by atoms with Crippen molar-refractivity contribution in [3.05, 3.63) is 29.7 Å². The lowest BCUT2D eigenvalue weighted by atomic mass is 9.81. The molecule has 0 amide bonds. The second kappa shape index (κ2) is 3.03. The quantitative estimate of drug-likeness (QED) is 0.614. The van der Waals surface area contributed by atoms with Crippen molar-refractivity contribution in [2.75, 3.05) is 0 Å². The highest BCUT2D eigenvalue weighted by atomic mass is 35.5. The number of rotatable bonds is 1. The predicted molar refractivity (Wildman–Crippen MR) is 50.0 cm³/mol. The topological polar surface area (TPSA) is 57.8 Å². The van der Waals surface area contributed by atoms with E-state index in [1.54, 1.807) is 23.0 Å². The minimum absolute atomic E-state index is 0.303. The van der Waals surface area contributed by atoms with E-state index in [2.05, 4.69) is 4.98 Å². The third kappa shape index (κ3) is 1.41. The Hall–Kier alpha value is -1.04. The predicted octanol–water partition coefficient (Wildman–Crippen LogP) is -0.333. The van der Waals surface area contributed by atoms with Crippen LogP contribution in [-0.4, -0.2) is 26.6 Å². The highest BCUT2D eigenvalue weighted by Gasteiger charge is 2.16. The smallest absolute Gasteiger partial charge is 0.423 e. The van der Waals surface area contributed by atoms with E-state index in [1.807, 2.05) is 0 Å². The molecule has 0 saturated carbocycles. The molecule has 0 bridgehead atoms. The molecule has 0 unspecified atom stereocenters. The van der Waals surface area contributed by atoms with Crippen LogP contribution in [0.3, 0.4) is 0 Å². The Labute approximate surface area is 79.6 Å². The fraction of sp³-hybridized carbons (Fsp3) is 0. The van der Waals surface area contributed by atoms with Gasteiger partial charge in [-0.25, -0.2) is 4.98 Å². The minimum Gasteiger partial charge on any atom is -0.423 e. The van der Waals surface area contributed by atoms with Crippen molar-refractivity contribution in [3.8, 4) is 0 Å². The van der Waals surface area contributed by atoms with Gasteiger partial charge < -0.3 is 14.4 Å². The van der Waals surface area contributed by atoms with E-state index in [0.29, 0.717) is 16.1 Å². The first kappa shape index (κ1) is 8.56. The Morgan fingerprint density at radius 1 is 1.46 bits per heavy atom. The van der Waals surface area contributed by atoms with Gasteiger partial charge in [0.05, 0.1) is 5.02 Å². The zero-order valence-electron chi connectivity index (χ0n) is 6.55. The molecule has 66 valence electrons. The first-order chi connectivity index (χ1) is 6.18. The number of nitrogens with zero attached hydrogens (tertiary/aromatic N) is 2. The first-order valence-corrected chi connectivity index (χ1v) is 4.04. The molecule has 2 rings (SSSR count). The Balaban J connectivity index is 2.77. The minimum atomic E-state index is -1.55. The van der Waals surface area contributed by atoms with Gasteiger partial charge in [0.2, 0.25) is 0 Å². The van der Waals surface area contributed by atoms with Gasteiger partial charge in [0.25, 0.3) is 0 Å². The second-order valence-corrected chi connectivity index (χ2v) is 3.08. The van der Waals surface area contributed by atoms with E-state index >= 15 is 0 Å². The fourth-order valence-electron chi connectivity index (χ4n) is 1.21. The summed E-state index contributed by atoms with van der Waals surface area (Å²) in [6.45, 7) is 0. The SMILES string of the molecule is OB(O)c1cc(Cl)cn2ccnc12. The van der Waals surface area contributed by atoms with Gasteiger partial charge in [0, 0.05) is 24.1 Å². The average Bonchev–Trinajstić information content (AvgIpc) is 2.49. The number of pyridine rings is 1. The van der Waals surface area contributed by atoms with Crippen molar-refractivity contribution < 1.29 is 10.0 Å². The lowest BCUT2D eigenvalue weighted by molar-refractivity contribution is 0.426. The molecule has 0 aliphatic rings. The summed E-state index contributed by atoms with van der Waals surface area (Å²) in [5.74, 6) is 0. The molecule has 2 N–H and O–H groups in total. The Morgan fingerprint density at radius 2 is 2.23 bits per heavy atom. The summed E-state index contributed by atoms with van der Waals surface area (Å²) in [7, 11) is -1.55. The van der Waals surface area contributed by atoms with E-state index < -0.39 is 7.12 Å². The van der Waals surface area contributed by atoms with E-state index in [-0.39, 0.29) is 0 Å². The third-order valence-electron chi connectivity index (χ3n) is 1.76. The molecule has 0 aromatic carbocycles. The van der Waals surface area contributed by atoms with E-state index in [0.717, 1.165) is 0 Å². The van der Waals surface area contributed by atoms with Crippen LogP contribution >= 0.6 is 11.6 Å². The normalized spacial score (nSPS) is 10.7. The summed E-state index contributed by atoms with van der Waals surface area (Å²) in [4.78, 5) is 3.97. The van der Waals surface area contributed by atoms with Gasteiger partial charge in [-0.15, -0.1) is 0 Å². The standard InChI is InChI=1S/C7H6BClN2O2/c9-5-3-6(8(12)13)7-10-1-2-11(7)4-5/h1-4,12-13H. The van der Waals surface area contributed by atoms with Crippen molar-refractivity contribution in [2.45, 2.75) is 0 Å². The molecular formula is C7H6BClN2O2. The number of hydrogen-bond donors (Lipinski definition) is 2. The van der Waals surface area contributed by atoms with Crippen LogP contribution in [0.25, 0.3) is 5.65 Å². The van der Waals surface area contributed by atoms with Crippen LogP contribution in [-0.2, 0) is 0 Å². The van der Waals surface area contributed by atoms with Gasteiger partial charge in [0.15, 0.2) is 0 Å². The molecule has 2 heterocycles. The van der Waals surface area contributed by atoms with E-state index in [9.17, 15) is 0 Å². The van der Waals surface area contributed by atoms with Crippen LogP contribution in [0.15, 0.2) is 24.7 Å². The average molecular weight is 196 g/mol. The number of imidazole rings is 1. The molecule has 13 heavy (non-hydrogen) atoms. The number of hydrogen-bond acceptors (Lipinski definition) is 3. The maximum atomic E-state index is 9.01. The number of halogens is 1. The summed E-state index contributed by atoms with van der Waals surface area (Å²) in [5.41, 5.74) is 0.803. The van der Waals surface area contributed by atoms with Crippen molar-refractivity contribution in [1.82, 2.24) is 9.38 Å².